The van der Waals surface area contributed by atoms with Crippen molar-refractivity contribution in [2.45, 2.75) is 12.5 Å². The molecule has 78 valence electrons. The summed E-state index contributed by atoms with van der Waals surface area (Å²) in [7, 11) is 0. The molecule has 2 N–H and O–H groups in total. The summed E-state index contributed by atoms with van der Waals surface area (Å²) in [6.07, 6.45) is 2.75. The van der Waals surface area contributed by atoms with Gasteiger partial charge in [0, 0.05) is 11.8 Å². The van der Waals surface area contributed by atoms with Crippen molar-refractivity contribution < 1.29 is 4.39 Å². The summed E-state index contributed by atoms with van der Waals surface area (Å²) in [5, 5.41) is 0.166. The van der Waals surface area contributed by atoms with Crippen LogP contribution in [0.3, 0.4) is 0 Å². The predicted molar refractivity (Wildman–Crippen MR) is 61.5 cm³/mol. The van der Waals surface area contributed by atoms with Crippen molar-refractivity contribution in [3.05, 3.63) is 34.6 Å². The number of nitrogens with two attached hydrogens (primary N) is 1. The minimum absolute atomic E-state index is 0.103. The molecule has 0 aliphatic carbocycles. The van der Waals surface area contributed by atoms with E-state index in [1.165, 1.54) is 6.07 Å². The summed E-state index contributed by atoms with van der Waals surface area (Å²) >= 11 is 7.36. The van der Waals surface area contributed by atoms with Crippen LogP contribution in [0, 0.1) is 5.82 Å². The molecular weight excluding hydrogens is 221 g/mol. The van der Waals surface area contributed by atoms with E-state index in [9.17, 15) is 4.39 Å². The quantitative estimate of drug-likeness (QED) is 0.866. The molecule has 1 aromatic carbocycles. The van der Waals surface area contributed by atoms with Gasteiger partial charge in [-0.1, -0.05) is 17.7 Å². The molecule has 1 aromatic rings. The van der Waals surface area contributed by atoms with Crippen molar-refractivity contribution in [3.63, 3.8) is 0 Å². The number of thioether (sulfide) groups is 1. The van der Waals surface area contributed by atoms with Crippen LogP contribution in [0.15, 0.2) is 18.2 Å². The van der Waals surface area contributed by atoms with E-state index < -0.39 is 0 Å². The molecule has 0 saturated heterocycles. The highest BCUT2D eigenvalue weighted by atomic mass is 35.5. The Morgan fingerprint density at radius 2 is 2.29 bits per heavy atom. The van der Waals surface area contributed by atoms with Crippen molar-refractivity contribution in [2.75, 3.05) is 12.0 Å². The summed E-state index contributed by atoms with van der Waals surface area (Å²) in [6, 6.07) is 4.84. The molecule has 14 heavy (non-hydrogen) atoms. The van der Waals surface area contributed by atoms with Gasteiger partial charge in [-0.3, -0.25) is 0 Å². The van der Waals surface area contributed by atoms with Crippen molar-refractivity contribution in [1.82, 2.24) is 0 Å². The summed E-state index contributed by atoms with van der Waals surface area (Å²) in [4.78, 5) is 0. The van der Waals surface area contributed by atoms with E-state index >= 15 is 0 Å². The van der Waals surface area contributed by atoms with Crippen LogP contribution in [-0.4, -0.2) is 18.1 Å². The smallest absolute Gasteiger partial charge is 0.141 e. The average molecular weight is 234 g/mol. The van der Waals surface area contributed by atoms with Gasteiger partial charge in [0.05, 0.1) is 5.02 Å². The second-order valence-electron chi connectivity index (χ2n) is 3.17. The highest BCUT2D eigenvalue weighted by Crippen LogP contribution is 2.17. The molecule has 1 unspecified atom stereocenters. The third-order valence-electron chi connectivity index (χ3n) is 1.86. The van der Waals surface area contributed by atoms with Gasteiger partial charge in [-0.2, -0.15) is 11.8 Å². The monoisotopic (exact) mass is 233 g/mol. The zero-order valence-corrected chi connectivity index (χ0v) is 9.54. The molecular formula is C10H13ClFNS. The van der Waals surface area contributed by atoms with Crippen LogP contribution in [0.2, 0.25) is 5.02 Å². The molecule has 0 amide bonds. The van der Waals surface area contributed by atoms with Crippen LogP contribution in [-0.2, 0) is 6.42 Å². The van der Waals surface area contributed by atoms with Gasteiger partial charge in [0.15, 0.2) is 0 Å². The van der Waals surface area contributed by atoms with E-state index in [0.717, 1.165) is 17.7 Å². The predicted octanol–water partition coefficient (Wildman–Crippen LogP) is 2.71. The third kappa shape index (κ3) is 3.48. The topological polar surface area (TPSA) is 26.0 Å². The normalized spacial score (nSPS) is 12.9. The Bertz CT molecular complexity index is 306. The molecule has 1 nitrogen and oxygen atoms in total. The van der Waals surface area contributed by atoms with E-state index in [1.807, 2.05) is 6.26 Å². The summed E-state index contributed by atoms with van der Waals surface area (Å²) < 4.78 is 12.8. The van der Waals surface area contributed by atoms with E-state index in [1.54, 1.807) is 23.9 Å². The van der Waals surface area contributed by atoms with Crippen molar-refractivity contribution in [1.29, 1.82) is 0 Å². The Morgan fingerprint density at radius 3 is 2.86 bits per heavy atom. The maximum Gasteiger partial charge on any atom is 0.141 e. The Balaban J connectivity index is 2.63. The zero-order chi connectivity index (χ0) is 10.6. The molecule has 0 bridgehead atoms. The summed E-state index contributed by atoms with van der Waals surface area (Å²) in [6.45, 7) is 0. The van der Waals surface area contributed by atoms with Gasteiger partial charge in [-0.25, -0.2) is 4.39 Å². The molecule has 0 spiro atoms. The molecule has 0 aromatic heterocycles. The molecule has 0 aliphatic rings. The highest BCUT2D eigenvalue weighted by Gasteiger charge is 2.05. The van der Waals surface area contributed by atoms with Gasteiger partial charge in [-0.05, 0) is 30.4 Å². The lowest BCUT2D eigenvalue weighted by molar-refractivity contribution is 0.626. The van der Waals surface area contributed by atoms with Crippen LogP contribution in [0.25, 0.3) is 0 Å². The molecule has 0 radical (unpaired) electrons. The zero-order valence-electron chi connectivity index (χ0n) is 7.97. The van der Waals surface area contributed by atoms with Crippen molar-refractivity contribution in [3.8, 4) is 0 Å². The fourth-order valence-electron chi connectivity index (χ4n) is 1.24. The lowest BCUT2D eigenvalue weighted by atomic mass is 10.1. The van der Waals surface area contributed by atoms with Crippen LogP contribution >= 0.6 is 23.4 Å². The highest BCUT2D eigenvalue weighted by molar-refractivity contribution is 7.98. The average Bonchev–Trinajstić information content (AvgIpc) is 2.12. The first-order chi connectivity index (χ1) is 6.63. The maximum atomic E-state index is 12.8. The Hall–Kier alpha value is -0.250. The van der Waals surface area contributed by atoms with Gasteiger partial charge in [0.2, 0.25) is 0 Å². The molecule has 1 rings (SSSR count). The van der Waals surface area contributed by atoms with Gasteiger partial charge < -0.3 is 5.73 Å². The number of hydrogen-bond donors (Lipinski definition) is 1. The van der Waals surface area contributed by atoms with Crippen LogP contribution in [0.5, 0.6) is 0 Å². The first kappa shape index (κ1) is 11.8. The van der Waals surface area contributed by atoms with E-state index in [0.29, 0.717) is 0 Å². The van der Waals surface area contributed by atoms with Crippen molar-refractivity contribution in [2.24, 2.45) is 5.73 Å². The molecule has 0 saturated carbocycles. The second kappa shape index (κ2) is 5.59. The van der Waals surface area contributed by atoms with Crippen LogP contribution in [0.4, 0.5) is 4.39 Å². The number of benzene rings is 1. The second-order valence-corrected chi connectivity index (χ2v) is 4.49. The largest absolute Gasteiger partial charge is 0.327 e. The Labute approximate surface area is 92.8 Å². The van der Waals surface area contributed by atoms with Crippen LogP contribution < -0.4 is 5.73 Å². The first-order valence-electron chi connectivity index (χ1n) is 4.32. The maximum absolute atomic E-state index is 12.8. The Kier molecular flexibility index (Phi) is 4.72. The van der Waals surface area contributed by atoms with Gasteiger partial charge in [0.25, 0.3) is 0 Å². The van der Waals surface area contributed by atoms with E-state index in [4.69, 9.17) is 17.3 Å². The fourth-order valence-corrected chi connectivity index (χ4v) is 1.99. The fraction of sp³-hybridized carbons (Fsp3) is 0.400. The number of hydrogen-bond acceptors (Lipinski definition) is 2. The molecule has 4 heteroatoms. The Morgan fingerprint density at radius 1 is 1.57 bits per heavy atom. The molecule has 0 heterocycles. The van der Waals surface area contributed by atoms with Gasteiger partial charge in [-0.15, -0.1) is 0 Å². The molecule has 0 aliphatic heterocycles. The molecule has 0 fully saturated rings. The number of halogens is 2. The van der Waals surface area contributed by atoms with Gasteiger partial charge in [0.1, 0.15) is 5.82 Å². The van der Waals surface area contributed by atoms with Crippen LogP contribution in [0.1, 0.15) is 5.56 Å². The number of rotatable bonds is 4. The minimum Gasteiger partial charge on any atom is -0.327 e. The standard InChI is InChI=1S/C10H13ClFNS/c1-14-6-8(13)4-7-2-3-10(12)9(11)5-7/h2-3,5,8H,4,6,13H2,1H3. The van der Waals surface area contributed by atoms with E-state index in [-0.39, 0.29) is 16.9 Å². The minimum atomic E-state index is -0.381. The SMILES string of the molecule is CSCC(N)Cc1ccc(F)c(Cl)c1. The first-order valence-corrected chi connectivity index (χ1v) is 6.09. The van der Waals surface area contributed by atoms with Crippen molar-refractivity contribution >= 4 is 23.4 Å². The lowest BCUT2D eigenvalue weighted by Gasteiger charge is -2.09. The lowest BCUT2D eigenvalue weighted by Crippen LogP contribution is -2.25. The van der Waals surface area contributed by atoms with Gasteiger partial charge >= 0.3 is 0 Å². The summed E-state index contributed by atoms with van der Waals surface area (Å²) in [5.41, 5.74) is 6.83. The molecule has 1 atom stereocenters. The third-order valence-corrected chi connectivity index (χ3v) is 2.91. The summed E-state index contributed by atoms with van der Waals surface area (Å²) in [5.74, 6) is 0.517. The van der Waals surface area contributed by atoms with E-state index in [2.05, 4.69) is 0 Å².